The van der Waals surface area contributed by atoms with Gasteiger partial charge in [0.2, 0.25) is 0 Å². The van der Waals surface area contributed by atoms with E-state index in [2.05, 4.69) is 158 Å². The van der Waals surface area contributed by atoms with Crippen LogP contribution in [0.5, 0.6) is 0 Å². The Morgan fingerprint density at radius 3 is 1.58 bits per heavy atom. The van der Waals surface area contributed by atoms with E-state index in [-0.39, 0.29) is 0 Å². The lowest BCUT2D eigenvalue weighted by molar-refractivity contribution is 0.669. The fourth-order valence-electron chi connectivity index (χ4n) is 6.98. The monoisotopic (exact) mass is 572 g/mol. The molecular weight excluding hydrogens is 544 g/mol. The fraction of sp³-hybridized carbons (Fsp3) is 0. The molecule has 0 N–H and O–H groups in total. The van der Waals surface area contributed by atoms with Gasteiger partial charge in [-0.15, -0.1) is 0 Å². The summed E-state index contributed by atoms with van der Waals surface area (Å²) in [6.07, 6.45) is 0. The minimum absolute atomic E-state index is 0.910. The molecule has 0 spiro atoms. The SMILES string of the molecule is c1ccc(-c2cccc(-c3cccc4c(-c5ccc6oc7ccccc7c6c5)c5cccc(-c6ccccc6)c5cc34)c2)cc1. The third-order valence-electron chi connectivity index (χ3n) is 9.07. The van der Waals surface area contributed by atoms with E-state index in [9.17, 15) is 0 Å². The summed E-state index contributed by atoms with van der Waals surface area (Å²) in [5.74, 6) is 0. The van der Waals surface area contributed by atoms with Crippen molar-refractivity contribution in [1.29, 1.82) is 0 Å². The second kappa shape index (κ2) is 10.4. The third-order valence-corrected chi connectivity index (χ3v) is 9.07. The normalized spacial score (nSPS) is 11.6. The van der Waals surface area contributed by atoms with Crippen molar-refractivity contribution in [3.63, 3.8) is 0 Å². The van der Waals surface area contributed by atoms with E-state index < -0.39 is 0 Å². The largest absolute Gasteiger partial charge is 0.456 e. The molecule has 45 heavy (non-hydrogen) atoms. The molecule has 9 rings (SSSR count). The van der Waals surface area contributed by atoms with Gasteiger partial charge in [0.15, 0.2) is 0 Å². The molecule has 0 amide bonds. The van der Waals surface area contributed by atoms with Crippen molar-refractivity contribution in [3.05, 3.63) is 170 Å². The first-order chi connectivity index (χ1) is 22.3. The molecule has 0 fully saturated rings. The van der Waals surface area contributed by atoms with Gasteiger partial charge in [-0.25, -0.2) is 0 Å². The molecule has 0 bridgehead atoms. The Balaban J connectivity index is 1.37. The number of benzene rings is 8. The van der Waals surface area contributed by atoms with Crippen LogP contribution in [0, 0.1) is 0 Å². The molecule has 210 valence electrons. The lowest BCUT2D eigenvalue weighted by Crippen LogP contribution is -1.91. The summed E-state index contributed by atoms with van der Waals surface area (Å²) in [5.41, 5.74) is 11.6. The Morgan fingerprint density at radius 2 is 0.822 bits per heavy atom. The number of hydrogen-bond donors (Lipinski definition) is 0. The Labute approximate surface area is 261 Å². The molecule has 1 nitrogen and oxygen atoms in total. The van der Waals surface area contributed by atoms with Crippen LogP contribution >= 0.6 is 0 Å². The molecule has 0 atom stereocenters. The lowest BCUT2D eigenvalue weighted by atomic mass is 9.86. The maximum absolute atomic E-state index is 6.22. The highest BCUT2D eigenvalue weighted by Gasteiger charge is 2.17. The third kappa shape index (κ3) is 4.24. The van der Waals surface area contributed by atoms with Gasteiger partial charge in [0.05, 0.1) is 0 Å². The summed E-state index contributed by atoms with van der Waals surface area (Å²) in [7, 11) is 0. The van der Waals surface area contributed by atoms with E-state index in [0.29, 0.717) is 0 Å². The zero-order valence-electron chi connectivity index (χ0n) is 24.6. The van der Waals surface area contributed by atoms with Crippen LogP contribution in [0.2, 0.25) is 0 Å². The van der Waals surface area contributed by atoms with Gasteiger partial charge in [0, 0.05) is 10.8 Å². The number of para-hydroxylation sites is 1. The highest BCUT2D eigenvalue weighted by Crippen LogP contribution is 2.44. The summed E-state index contributed by atoms with van der Waals surface area (Å²) >= 11 is 0. The standard InChI is InChI=1S/C44H28O/c1-3-12-29(13-4-1)31-16-9-17-32(26-31)35-20-11-22-38-40(35)28-39-34(30-14-5-2-6-15-30)19-10-21-37(39)44(38)33-24-25-43-41(27-33)36-18-7-8-23-42(36)45-43/h1-28H. The smallest absolute Gasteiger partial charge is 0.135 e. The van der Waals surface area contributed by atoms with E-state index >= 15 is 0 Å². The lowest BCUT2D eigenvalue weighted by Gasteiger charge is -2.18. The Kier molecular flexibility index (Phi) is 5.89. The topological polar surface area (TPSA) is 13.1 Å². The van der Waals surface area contributed by atoms with Crippen LogP contribution in [0.1, 0.15) is 0 Å². The number of rotatable bonds is 4. The first-order valence-electron chi connectivity index (χ1n) is 15.4. The van der Waals surface area contributed by atoms with Crippen LogP contribution in [0.4, 0.5) is 0 Å². The molecule has 0 radical (unpaired) electrons. The number of furan rings is 1. The van der Waals surface area contributed by atoms with Gasteiger partial charge < -0.3 is 4.42 Å². The minimum atomic E-state index is 0.910. The van der Waals surface area contributed by atoms with Gasteiger partial charge >= 0.3 is 0 Å². The van der Waals surface area contributed by atoms with E-state index in [1.165, 1.54) is 66.1 Å². The molecule has 0 aliphatic heterocycles. The van der Waals surface area contributed by atoms with Gasteiger partial charge in [-0.05, 0) is 96.4 Å². The molecular formula is C44H28O. The highest BCUT2D eigenvalue weighted by atomic mass is 16.3. The molecule has 0 unspecified atom stereocenters. The van der Waals surface area contributed by atoms with Crippen LogP contribution in [0.25, 0.3) is 88.0 Å². The first-order valence-corrected chi connectivity index (χ1v) is 15.4. The van der Waals surface area contributed by atoms with Gasteiger partial charge in [-0.3, -0.25) is 0 Å². The Morgan fingerprint density at radius 1 is 0.267 bits per heavy atom. The van der Waals surface area contributed by atoms with Crippen molar-refractivity contribution in [2.24, 2.45) is 0 Å². The van der Waals surface area contributed by atoms with E-state index in [1.54, 1.807) is 0 Å². The van der Waals surface area contributed by atoms with Gasteiger partial charge in [0.25, 0.3) is 0 Å². The average Bonchev–Trinajstić information content (AvgIpc) is 3.49. The van der Waals surface area contributed by atoms with Crippen LogP contribution in [0.3, 0.4) is 0 Å². The molecule has 0 aliphatic carbocycles. The van der Waals surface area contributed by atoms with E-state index in [4.69, 9.17) is 4.42 Å². The molecule has 0 saturated heterocycles. The molecule has 0 aliphatic rings. The molecule has 1 heterocycles. The quantitative estimate of drug-likeness (QED) is 0.191. The van der Waals surface area contributed by atoms with Crippen molar-refractivity contribution in [1.82, 2.24) is 0 Å². The maximum Gasteiger partial charge on any atom is 0.135 e. The van der Waals surface area contributed by atoms with Crippen molar-refractivity contribution >= 4 is 43.5 Å². The van der Waals surface area contributed by atoms with E-state index in [0.717, 1.165) is 21.9 Å². The Hall–Kier alpha value is -5.92. The summed E-state index contributed by atoms with van der Waals surface area (Å²) in [5, 5.41) is 7.25. The zero-order valence-corrected chi connectivity index (χ0v) is 24.6. The minimum Gasteiger partial charge on any atom is -0.456 e. The van der Waals surface area contributed by atoms with Crippen LogP contribution < -0.4 is 0 Å². The second-order valence-corrected chi connectivity index (χ2v) is 11.7. The van der Waals surface area contributed by atoms with Gasteiger partial charge in [0.1, 0.15) is 11.2 Å². The predicted molar refractivity (Wildman–Crippen MR) is 190 cm³/mol. The van der Waals surface area contributed by atoms with Crippen molar-refractivity contribution in [3.8, 4) is 44.5 Å². The van der Waals surface area contributed by atoms with Crippen LogP contribution in [-0.2, 0) is 0 Å². The van der Waals surface area contributed by atoms with Crippen molar-refractivity contribution < 1.29 is 4.42 Å². The van der Waals surface area contributed by atoms with Crippen LogP contribution in [-0.4, -0.2) is 0 Å². The van der Waals surface area contributed by atoms with Gasteiger partial charge in [-0.2, -0.15) is 0 Å². The Bertz CT molecular complexity index is 2520. The fourth-order valence-corrected chi connectivity index (χ4v) is 6.98. The van der Waals surface area contributed by atoms with Crippen molar-refractivity contribution in [2.45, 2.75) is 0 Å². The highest BCUT2D eigenvalue weighted by molar-refractivity contribution is 6.20. The number of hydrogen-bond acceptors (Lipinski definition) is 1. The molecule has 9 aromatic rings. The average molecular weight is 573 g/mol. The van der Waals surface area contributed by atoms with Crippen molar-refractivity contribution in [2.75, 3.05) is 0 Å². The summed E-state index contributed by atoms with van der Waals surface area (Å²) in [6.45, 7) is 0. The van der Waals surface area contributed by atoms with Crippen LogP contribution in [0.15, 0.2) is 174 Å². The predicted octanol–water partition coefficient (Wildman–Crippen LogP) is 12.6. The molecule has 8 aromatic carbocycles. The summed E-state index contributed by atoms with van der Waals surface area (Å²) in [4.78, 5) is 0. The van der Waals surface area contributed by atoms with Gasteiger partial charge in [-0.1, -0.05) is 140 Å². The zero-order chi connectivity index (χ0) is 29.7. The summed E-state index contributed by atoms with van der Waals surface area (Å²) < 4.78 is 6.22. The molecule has 1 heteroatoms. The maximum atomic E-state index is 6.22. The van der Waals surface area contributed by atoms with E-state index in [1.807, 2.05) is 12.1 Å². The second-order valence-electron chi connectivity index (χ2n) is 11.7. The first kappa shape index (κ1) is 25.6. The summed E-state index contributed by atoms with van der Waals surface area (Å²) in [6, 6.07) is 61.1. The number of fused-ring (bicyclic) bond motifs is 5. The molecule has 0 saturated carbocycles. The molecule has 1 aromatic heterocycles.